The summed E-state index contributed by atoms with van der Waals surface area (Å²) >= 11 is 1.43. The summed E-state index contributed by atoms with van der Waals surface area (Å²) in [6.07, 6.45) is 7.59. The zero-order chi connectivity index (χ0) is 18.8. The number of fused-ring (bicyclic) bond motifs is 1. The maximum atomic E-state index is 12.6. The first-order valence-electron chi connectivity index (χ1n) is 9.59. The summed E-state index contributed by atoms with van der Waals surface area (Å²) < 4.78 is 4.93. The third-order valence-electron chi connectivity index (χ3n) is 5.41. The molecule has 0 bridgehead atoms. The van der Waals surface area contributed by atoms with E-state index in [2.05, 4.69) is 15.5 Å². The number of carbonyl (C=O) groups excluding carboxylic acids is 2. The Bertz CT molecular complexity index is 838. The summed E-state index contributed by atoms with van der Waals surface area (Å²) in [6, 6.07) is 1.59. The van der Waals surface area contributed by atoms with Crippen molar-refractivity contribution in [3.05, 3.63) is 28.1 Å². The van der Waals surface area contributed by atoms with E-state index in [-0.39, 0.29) is 17.5 Å². The van der Waals surface area contributed by atoms with Gasteiger partial charge in [0.15, 0.2) is 10.8 Å². The molecule has 3 heterocycles. The van der Waals surface area contributed by atoms with Crippen LogP contribution in [0.3, 0.4) is 0 Å². The number of hydrogen-bond acceptors (Lipinski definition) is 6. The highest BCUT2D eigenvalue weighted by Gasteiger charge is 2.26. The Morgan fingerprint density at radius 2 is 2.19 bits per heavy atom. The van der Waals surface area contributed by atoms with E-state index in [1.807, 2.05) is 4.90 Å². The van der Waals surface area contributed by atoms with E-state index in [1.165, 1.54) is 37.0 Å². The predicted molar refractivity (Wildman–Crippen MR) is 102 cm³/mol. The van der Waals surface area contributed by atoms with E-state index < -0.39 is 0 Å². The normalized spacial score (nSPS) is 17.1. The second kappa shape index (κ2) is 7.80. The Hall–Kier alpha value is -2.22. The number of carbonyl (C=O) groups is 2. The molecule has 4 rings (SSSR count). The number of nitrogens with zero attached hydrogens (tertiary/aromatic N) is 3. The van der Waals surface area contributed by atoms with Crippen molar-refractivity contribution < 1.29 is 14.1 Å². The minimum absolute atomic E-state index is 0.240. The molecule has 2 aliphatic rings. The molecule has 1 fully saturated rings. The van der Waals surface area contributed by atoms with Crippen molar-refractivity contribution in [2.75, 3.05) is 11.9 Å². The van der Waals surface area contributed by atoms with E-state index in [4.69, 9.17) is 4.52 Å². The molecule has 27 heavy (non-hydrogen) atoms. The number of amides is 2. The van der Waals surface area contributed by atoms with Gasteiger partial charge in [0.05, 0.1) is 12.2 Å². The van der Waals surface area contributed by atoms with Crippen LogP contribution in [0.1, 0.15) is 65.3 Å². The summed E-state index contributed by atoms with van der Waals surface area (Å²) in [7, 11) is 0. The van der Waals surface area contributed by atoms with Gasteiger partial charge >= 0.3 is 0 Å². The maximum absolute atomic E-state index is 12.6. The van der Waals surface area contributed by atoms with Gasteiger partial charge in [-0.05, 0) is 19.3 Å². The van der Waals surface area contributed by atoms with Crippen molar-refractivity contribution in [1.82, 2.24) is 15.0 Å². The summed E-state index contributed by atoms with van der Waals surface area (Å²) in [5.74, 6) is 1.23. The molecular weight excluding hydrogens is 364 g/mol. The van der Waals surface area contributed by atoms with Crippen LogP contribution < -0.4 is 5.32 Å². The van der Waals surface area contributed by atoms with Gasteiger partial charge in [-0.3, -0.25) is 14.9 Å². The smallest absolute Gasteiger partial charge is 0.279 e. The molecule has 2 aromatic rings. The Morgan fingerprint density at radius 1 is 1.37 bits per heavy atom. The maximum Gasteiger partial charge on any atom is 0.279 e. The second-order valence-electron chi connectivity index (χ2n) is 7.42. The molecule has 8 heteroatoms. The molecule has 2 amide bonds. The second-order valence-corrected chi connectivity index (χ2v) is 8.50. The first-order valence-corrected chi connectivity index (χ1v) is 10.4. The van der Waals surface area contributed by atoms with Crippen molar-refractivity contribution >= 4 is 28.3 Å². The first kappa shape index (κ1) is 18.2. The zero-order valence-electron chi connectivity index (χ0n) is 15.5. The lowest BCUT2D eigenvalue weighted by Gasteiger charge is -2.26. The van der Waals surface area contributed by atoms with Crippen molar-refractivity contribution in [2.24, 2.45) is 5.92 Å². The van der Waals surface area contributed by atoms with Gasteiger partial charge in [-0.2, -0.15) is 0 Å². The van der Waals surface area contributed by atoms with Crippen molar-refractivity contribution in [1.29, 1.82) is 0 Å². The quantitative estimate of drug-likeness (QED) is 0.846. The molecule has 1 aliphatic carbocycles. The average molecular weight is 388 g/mol. The molecular formula is C19H24N4O3S. The van der Waals surface area contributed by atoms with Crippen LogP contribution in [0, 0.1) is 12.8 Å². The van der Waals surface area contributed by atoms with Crippen LogP contribution in [0.4, 0.5) is 5.13 Å². The molecule has 7 nitrogen and oxygen atoms in total. The molecule has 0 spiro atoms. The number of hydrogen-bond donors (Lipinski definition) is 1. The van der Waals surface area contributed by atoms with Gasteiger partial charge in [-0.1, -0.05) is 42.2 Å². The van der Waals surface area contributed by atoms with Crippen LogP contribution >= 0.6 is 11.3 Å². The molecule has 0 aromatic carbocycles. The number of aromatic nitrogens is 2. The lowest BCUT2D eigenvalue weighted by Crippen LogP contribution is -2.35. The van der Waals surface area contributed by atoms with Gasteiger partial charge < -0.3 is 9.42 Å². The fraction of sp³-hybridized carbons (Fsp3) is 0.579. The standard InChI is InChI=1S/C19H24N4O3S/c1-12-10-15(22-26-12)18(25)21-19-20-14-8-9-23(11-16(14)27-19)17(24)7-6-13-4-2-3-5-13/h10,13H,2-9,11H2,1H3,(H,20,21,25). The number of nitrogens with one attached hydrogen (secondary N) is 1. The summed E-state index contributed by atoms with van der Waals surface area (Å²) in [5, 5.41) is 7.04. The number of aryl methyl sites for hydroxylation is 1. The van der Waals surface area contributed by atoms with Crippen LogP contribution in [0.5, 0.6) is 0 Å². The summed E-state index contributed by atoms with van der Waals surface area (Å²) in [4.78, 5) is 32.3. The fourth-order valence-corrected chi connectivity index (χ4v) is 4.90. The van der Waals surface area contributed by atoms with E-state index in [0.717, 1.165) is 29.3 Å². The average Bonchev–Trinajstić information content (AvgIpc) is 3.39. The lowest BCUT2D eigenvalue weighted by atomic mass is 10.0. The van der Waals surface area contributed by atoms with Gasteiger partial charge in [0, 0.05) is 30.3 Å². The van der Waals surface area contributed by atoms with Gasteiger partial charge in [0.1, 0.15) is 5.76 Å². The summed E-state index contributed by atoms with van der Waals surface area (Å²) in [5.41, 5.74) is 1.22. The minimum Gasteiger partial charge on any atom is -0.361 e. The molecule has 1 N–H and O–H groups in total. The third kappa shape index (κ3) is 4.21. The van der Waals surface area contributed by atoms with Crippen LogP contribution in [-0.4, -0.2) is 33.4 Å². The van der Waals surface area contributed by atoms with E-state index in [1.54, 1.807) is 13.0 Å². The van der Waals surface area contributed by atoms with Gasteiger partial charge in [0.2, 0.25) is 5.91 Å². The highest BCUT2D eigenvalue weighted by molar-refractivity contribution is 7.15. The highest BCUT2D eigenvalue weighted by Crippen LogP contribution is 2.31. The number of rotatable bonds is 5. The van der Waals surface area contributed by atoms with Crippen LogP contribution in [0.25, 0.3) is 0 Å². The monoisotopic (exact) mass is 388 g/mol. The van der Waals surface area contributed by atoms with Gasteiger partial charge in [-0.15, -0.1) is 0 Å². The predicted octanol–water partition coefficient (Wildman–Crippen LogP) is 3.55. The Kier molecular flexibility index (Phi) is 5.24. The van der Waals surface area contributed by atoms with Gasteiger partial charge in [0.25, 0.3) is 5.91 Å². The lowest BCUT2D eigenvalue weighted by molar-refractivity contribution is -0.132. The molecule has 0 saturated heterocycles. The van der Waals surface area contributed by atoms with Crippen LogP contribution in [-0.2, 0) is 17.8 Å². The molecule has 0 atom stereocenters. The highest BCUT2D eigenvalue weighted by atomic mass is 32.1. The van der Waals surface area contributed by atoms with E-state index in [0.29, 0.717) is 30.4 Å². The largest absolute Gasteiger partial charge is 0.361 e. The molecule has 0 radical (unpaired) electrons. The van der Waals surface area contributed by atoms with E-state index in [9.17, 15) is 9.59 Å². The number of anilines is 1. The SMILES string of the molecule is Cc1cc(C(=O)Nc2nc3c(s2)CN(C(=O)CCC2CCCC2)CC3)no1. The van der Waals surface area contributed by atoms with Crippen molar-refractivity contribution in [3.8, 4) is 0 Å². The van der Waals surface area contributed by atoms with Crippen molar-refractivity contribution in [2.45, 2.75) is 58.4 Å². The Balaban J connectivity index is 1.34. The summed E-state index contributed by atoms with van der Waals surface area (Å²) in [6.45, 7) is 3.04. The molecule has 0 unspecified atom stereocenters. The minimum atomic E-state index is -0.331. The zero-order valence-corrected chi connectivity index (χ0v) is 16.3. The molecule has 1 saturated carbocycles. The first-order chi connectivity index (χ1) is 13.1. The van der Waals surface area contributed by atoms with Gasteiger partial charge in [-0.25, -0.2) is 4.98 Å². The topological polar surface area (TPSA) is 88.3 Å². The fourth-order valence-electron chi connectivity index (χ4n) is 3.88. The third-order valence-corrected chi connectivity index (χ3v) is 6.40. The van der Waals surface area contributed by atoms with Crippen LogP contribution in [0.2, 0.25) is 0 Å². The molecule has 2 aromatic heterocycles. The van der Waals surface area contributed by atoms with Crippen molar-refractivity contribution in [3.63, 3.8) is 0 Å². The van der Waals surface area contributed by atoms with Crippen LogP contribution in [0.15, 0.2) is 10.6 Å². The van der Waals surface area contributed by atoms with E-state index >= 15 is 0 Å². The Morgan fingerprint density at radius 3 is 2.93 bits per heavy atom. The molecule has 1 aliphatic heterocycles. The number of thiazole rings is 1. The molecule has 144 valence electrons. The Labute approximate surface area is 162 Å².